The molecule has 0 aliphatic carbocycles. The minimum Gasteiger partial charge on any atom is -0.376 e. The number of nitrogens with two attached hydrogens (primary N) is 1. The molecular formula is C15H18BrN3O4S. The maximum Gasteiger partial charge on any atom is 0.266 e. The summed E-state index contributed by atoms with van der Waals surface area (Å²) in [5.74, 6) is -0.642. The summed E-state index contributed by atoms with van der Waals surface area (Å²) in [4.78, 5) is 15.1. The second kappa shape index (κ2) is 7.32. The Hall–Kier alpha value is -1.26. The van der Waals surface area contributed by atoms with Crippen LogP contribution in [0.25, 0.3) is 10.9 Å². The molecule has 1 aromatic carbocycles. The van der Waals surface area contributed by atoms with Crippen LogP contribution in [0.3, 0.4) is 0 Å². The Morgan fingerprint density at radius 3 is 2.96 bits per heavy atom. The number of aromatic nitrogens is 1. The zero-order valence-corrected chi connectivity index (χ0v) is 15.5. The molecule has 2 heterocycles. The number of likely N-dealkylation sites (N-methyl/N-ethyl adjacent to an activating group) is 1. The Morgan fingerprint density at radius 1 is 1.50 bits per heavy atom. The molecule has 2 atom stereocenters. The topological polar surface area (TPSA) is 97.7 Å². The van der Waals surface area contributed by atoms with Gasteiger partial charge in [0.15, 0.2) is 0 Å². The van der Waals surface area contributed by atoms with Gasteiger partial charge in [-0.25, -0.2) is 8.51 Å². The molecule has 9 heteroatoms. The summed E-state index contributed by atoms with van der Waals surface area (Å²) in [5, 5.41) is 0.698. The lowest BCUT2D eigenvalue weighted by atomic mass is 10.2. The van der Waals surface area contributed by atoms with E-state index < -0.39 is 16.9 Å². The van der Waals surface area contributed by atoms with Crippen molar-refractivity contribution in [3.05, 3.63) is 28.4 Å². The third kappa shape index (κ3) is 3.55. The van der Waals surface area contributed by atoms with Gasteiger partial charge in [0.1, 0.15) is 16.7 Å². The lowest BCUT2D eigenvalue weighted by Gasteiger charge is -2.26. The molecule has 2 aromatic rings. The zero-order valence-electron chi connectivity index (χ0n) is 13.1. The van der Waals surface area contributed by atoms with Crippen molar-refractivity contribution < 1.29 is 18.5 Å². The Bertz CT molecular complexity index is 788. The lowest BCUT2D eigenvalue weighted by Crippen LogP contribution is -2.39. The minimum atomic E-state index is -1.57. The fourth-order valence-electron chi connectivity index (χ4n) is 2.65. The van der Waals surface area contributed by atoms with E-state index in [9.17, 15) is 9.00 Å². The Kier molecular flexibility index (Phi) is 5.36. The number of amides is 1. The average Bonchev–Trinajstić information content (AvgIpc) is 2.93. The molecule has 1 saturated heterocycles. The van der Waals surface area contributed by atoms with Crippen LogP contribution in [0.2, 0.25) is 0 Å². The first-order chi connectivity index (χ1) is 11.5. The van der Waals surface area contributed by atoms with E-state index in [1.165, 1.54) is 0 Å². The number of hydrogen-bond acceptors (Lipinski definition) is 4. The maximum absolute atomic E-state index is 13.0. The first-order valence-corrected chi connectivity index (χ1v) is 9.30. The molecule has 130 valence electrons. The number of fused-ring (bicyclic) bond motifs is 1. The van der Waals surface area contributed by atoms with Crippen LogP contribution in [0, 0.1) is 0 Å². The number of benzene rings is 1. The Balaban J connectivity index is 1.94. The van der Waals surface area contributed by atoms with Gasteiger partial charge in [0.25, 0.3) is 5.91 Å². The van der Waals surface area contributed by atoms with Crippen LogP contribution >= 0.6 is 15.9 Å². The van der Waals surface area contributed by atoms with Crippen LogP contribution in [0.4, 0.5) is 0 Å². The highest BCUT2D eigenvalue weighted by Crippen LogP contribution is 2.29. The second-order valence-corrected chi connectivity index (χ2v) is 7.96. The highest BCUT2D eigenvalue weighted by Gasteiger charge is 2.26. The van der Waals surface area contributed by atoms with E-state index in [2.05, 4.69) is 20.9 Å². The van der Waals surface area contributed by atoms with Gasteiger partial charge in [0.05, 0.1) is 30.8 Å². The molecule has 3 N–H and O–H groups in total. The van der Waals surface area contributed by atoms with Crippen molar-refractivity contribution in [2.75, 3.05) is 33.4 Å². The fraction of sp³-hybridized carbons (Fsp3) is 0.400. The highest BCUT2D eigenvalue weighted by atomic mass is 79.9. The molecule has 0 bridgehead atoms. The zero-order chi connectivity index (χ0) is 17.3. The van der Waals surface area contributed by atoms with Gasteiger partial charge >= 0.3 is 0 Å². The van der Waals surface area contributed by atoms with Gasteiger partial charge in [-0.3, -0.25) is 4.79 Å². The molecule has 24 heavy (non-hydrogen) atoms. The van der Waals surface area contributed by atoms with Gasteiger partial charge in [-0.1, -0.05) is 15.9 Å². The largest absolute Gasteiger partial charge is 0.376 e. The van der Waals surface area contributed by atoms with Gasteiger partial charge in [-0.05, 0) is 18.2 Å². The van der Waals surface area contributed by atoms with Crippen molar-refractivity contribution in [2.24, 2.45) is 5.73 Å². The number of carbonyl (C=O) groups is 1. The van der Waals surface area contributed by atoms with Crippen molar-refractivity contribution >= 4 is 43.7 Å². The van der Waals surface area contributed by atoms with Crippen molar-refractivity contribution in [1.29, 1.82) is 0 Å². The first-order valence-electron chi connectivity index (χ1n) is 7.40. The number of aromatic amines is 1. The van der Waals surface area contributed by atoms with Crippen molar-refractivity contribution in [2.45, 2.75) is 11.0 Å². The summed E-state index contributed by atoms with van der Waals surface area (Å²) in [6.45, 7) is 1.98. The van der Waals surface area contributed by atoms with Gasteiger partial charge in [-0.2, -0.15) is 0 Å². The molecule has 0 spiro atoms. The number of rotatable bonds is 5. The van der Waals surface area contributed by atoms with Gasteiger partial charge in [0.2, 0.25) is 0 Å². The molecule has 1 aliphatic rings. The number of ether oxygens (including phenoxy) is 2. The second-order valence-electron chi connectivity index (χ2n) is 5.51. The van der Waals surface area contributed by atoms with Crippen LogP contribution in [-0.4, -0.2) is 58.9 Å². The maximum atomic E-state index is 13.0. The quantitative estimate of drug-likeness (QED) is 0.770. The summed E-state index contributed by atoms with van der Waals surface area (Å²) in [7, 11) is 0.149. The third-order valence-corrected chi connectivity index (χ3v) is 5.74. The SMILES string of the molecule is CN(CC1COCCO1)S(=O)c1c(C(N)=O)[nH]c2ccc(Br)cc12. The number of nitrogens with one attached hydrogen (secondary N) is 1. The van der Waals surface area contributed by atoms with Crippen molar-refractivity contribution in [3.63, 3.8) is 0 Å². The molecule has 0 radical (unpaired) electrons. The molecule has 1 aliphatic heterocycles. The molecule has 1 amide bonds. The smallest absolute Gasteiger partial charge is 0.266 e. The average molecular weight is 416 g/mol. The predicted molar refractivity (Wildman–Crippen MR) is 94.1 cm³/mol. The Labute approximate surface area is 150 Å². The third-order valence-electron chi connectivity index (χ3n) is 3.76. The van der Waals surface area contributed by atoms with Gasteiger partial charge in [0, 0.05) is 29.0 Å². The van der Waals surface area contributed by atoms with Crippen molar-refractivity contribution in [3.8, 4) is 0 Å². The normalized spacial score (nSPS) is 19.7. The highest BCUT2D eigenvalue weighted by molar-refractivity contribution is 9.10. The van der Waals surface area contributed by atoms with E-state index in [0.29, 0.717) is 42.2 Å². The summed E-state index contributed by atoms with van der Waals surface area (Å²) >= 11 is 3.40. The summed E-state index contributed by atoms with van der Waals surface area (Å²) in [6.07, 6.45) is -0.151. The number of halogens is 1. The van der Waals surface area contributed by atoms with E-state index in [-0.39, 0.29) is 11.8 Å². The molecule has 7 nitrogen and oxygen atoms in total. The van der Waals surface area contributed by atoms with E-state index in [1.54, 1.807) is 11.4 Å². The van der Waals surface area contributed by atoms with Crippen LogP contribution in [0.1, 0.15) is 10.5 Å². The fourth-order valence-corrected chi connectivity index (χ4v) is 4.30. The monoisotopic (exact) mass is 415 g/mol. The van der Waals surface area contributed by atoms with E-state index in [1.807, 2.05) is 18.2 Å². The Morgan fingerprint density at radius 2 is 2.29 bits per heavy atom. The standard InChI is InChI=1S/C15H18BrN3O4S/c1-19(7-10-8-22-4-5-23-10)24(21)14-11-6-9(16)2-3-12(11)18-13(14)15(17)20/h2-3,6,10,18H,4-5,7-8H2,1H3,(H2,17,20). The molecular weight excluding hydrogens is 398 g/mol. The molecule has 1 fully saturated rings. The number of carbonyl (C=O) groups excluding carboxylic acids is 1. The number of hydrogen-bond donors (Lipinski definition) is 2. The minimum absolute atomic E-state index is 0.151. The van der Waals surface area contributed by atoms with Crippen LogP contribution in [0.15, 0.2) is 27.6 Å². The van der Waals surface area contributed by atoms with Gasteiger partial charge in [-0.15, -0.1) is 0 Å². The van der Waals surface area contributed by atoms with E-state index in [4.69, 9.17) is 15.2 Å². The summed E-state index contributed by atoms with van der Waals surface area (Å²) in [6, 6.07) is 5.47. The van der Waals surface area contributed by atoms with Crippen molar-refractivity contribution in [1.82, 2.24) is 9.29 Å². The van der Waals surface area contributed by atoms with Gasteiger partial charge < -0.3 is 20.2 Å². The van der Waals surface area contributed by atoms with E-state index >= 15 is 0 Å². The lowest BCUT2D eigenvalue weighted by molar-refractivity contribution is -0.0906. The molecule has 2 unspecified atom stereocenters. The van der Waals surface area contributed by atoms with E-state index in [0.717, 1.165) is 4.47 Å². The van der Waals surface area contributed by atoms with Crippen LogP contribution in [0.5, 0.6) is 0 Å². The summed E-state index contributed by atoms with van der Waals surface area (Å²) < 4.78 is 26.4. The van der Waals surface area contributed by atoms with Crippen LogP contribution < -0.4 is 5.73 Å². The number of primary amides is 1. The summed E-state index contributed by atoms with van der Waals surface area (Å²) in [5.41, 5.74) is 6.33. The molecule has 0 saturated carbocycles. The molecule has 3 rings (SSSR count). The molecule has 1 aromatic heterocycles. The number of nitrogens with zero attached hydrogens (tertiary/aromatic N) is 1. The number of H-pyrrole nitrogens is 1. The van der Waals surface area contributed by atoms with Crippen LogP contribution in [-0.2, 0) is 20.5 Å². The first kappa shape index (κ1) is 17.6. The predicted octanol–water partition coefficient (Wildman–Crippen LogP) is 1.40.